The fourth-order valence-corrected chi connectivity index (χ4v) is 1.25. The van der Waals surface area contributed by atoms with Crippen LogP contribution in [0.4, 0.5) is 0 Å². The summed E-state index contributed by atoms with van der Waals surface area (Å²) in [6, 6.07) is 0.528. The van der Waals surface area contributed by atoms with E-state index in [0.29, 0.717) is 6.04 Å². The summed E-state index contributed by atoms with van der Waals surface area (Å²) in [4.78, 5) is 12.8. The molecule has 0 aromatic carbocycles. The van der Waals surface area contributed by atoms with Gasteiger partial charge in [0.2, 0.25) is 5.91 Å². The summed E-state index contributed by atoms with van der Waals surface area (Å²) in [6.45, 7) is 6.56. The molecule has 1 rings (SSSR count). The van der Waals surface area contributed by atoms with Crippen molar-refractivity contribution in [2.45, 2.75) is 32.2 Å². The van der Waals surface area contributed by atoms with Crippen LogP contribution in [0.15, 0.2) is 12.7 Å². The molecule has 1 saturated heterocycles. The molecule has 6 heteroatoms. The first-order valence-electron chi connectivity index (χ1n) is 4.74. The van der Waals surface area contributed by atoms with Crippen LogP contribution in [-0.2, 0) is 16.2 Å². The Morgan fingerprint density at radius 3 is 2.73 bits per heavy atom. The molecule has 1 amide bonds. The van der Waals surface area contributed by atoms with Crippen LogP contribution in [0.2, 0.25) is 0 Å². The minimum atomic E-state index is -2.86. The molecule has 15 heavy (non-hydrogen) atoms. The fraction of sp³-hybridized carbons (Fsp3) is 0.667. The van der Waals surface area contributed by atoms with Crippen LogP contribution in [0.5, 0.6) is 0 Å². The Morgan fingerprint density at radius 1 is 1.80 bits per heavy atom. The van der Waals surface area contributed by atoms with Crippen LogP contribution < -0.4 is 0 Å². The Hall–Kier alpha value is -0.720. The van der Waals surface area contributed by atoms with Gasteiger partial charge in [-0.2, -0.15) is 0 Å². The third-order valence-corrected chi connectivity index (χ3v) is 2.06. The van der Waals surface area contributed by atoms with Crippen molar-refractivity contribution < 1.29 is 18.1 Å². The van der Waals surface area contributed by atoms with Crippen LogP contribution in [0.3, 0.4) is 0 Å². The van der Waals surface area contributed by atoms with Gasteiger partial charge in [0, 0.05) is 12.6 Å². The van der Waals surface area contributed by atoms with Crippen molar-refractivity contribution in [1.29, 1.82) is 0 Å². The highest BCUT2D eigenvalue weighted by molar-refractivity contribution is 7.73. The molecule has 1 heterocycles. The van der Waals surface area contributed by atoms with Crippen LogP contribution >= 0.6 is 0 Å². The topological polar surface area (TPSA) is 80.4 Å². The van der Waals surface area contributed by atoms with Gasteiger partial charge in [-0.15, -0.1) is 0 Å². The van der Waals surface area contributed by atoms with Crippen molar-refractivity contribution in [3.05, 3.63) is 12.7 Å². The summed E-state index contributed by atoms with van der Waals surface area (Å²) >= 11 is -2.86. The first-order chi connectivity index (χ1) is 7.02. The largest absolute Gasteiger partial charge is 0.750 e. The molecule has 0 aromatic rings. The number of amides is 1. The zero-order chi connectivity index (χ0) is 11.8. The summed E-state index contributed by atoms with van der Waals surface area (Å²) in [5.41, 5.74) is 0. The Morgan fingerprint density at radius 2 is 2.33 bits per heavy atom. The normalized spacial score (nSPS) is 19.9. The van der Waals surface area contributed by atoms with Crippen molar-refractivity contribution in [3.8, 4) is 0 Å². The molecule has 5 nitrogen and oxygen atoms in total. The number of hydrogen-bond donors (Lipinski definition) is 1. The summed E-state index contributed by atoms with van der Waals surface area (Å²) in [6.07, 6.45) is 5.00. The number of carbonyl (C=O) groups is 1. The molecule has 2 unspecified atom stereocenters. The number of hydrogen-bond acceptors (Lipinski definition) is 3. The van der Waals surface area contributed by atoms with Crippen molar-refractivity contribution in [1.82, 2.24) is 4.90 Å². The maximum Gasteiger partial charge on any atom is 0.246 e. The van der Waals surface area contributed by atoms with Gasteiger partial charge in [-0.05, 0) is 12.5 Å². The molecule has 0 saturated carbocycles. The summed E-state index contributed by atoms with van der Waals surface area (Å²) in [5.74, 6) is 0.0890. The highest BCUT2D eigenvalue weighted by atomic mass is 32.2. The molecular weight excluding hydrogens is 218 g/mol. The highest BCUT2D eigenvalue weighted by Gasteiger charge is 2.35. The molecule has 2 atom stereocenters. The molecule has 1 aliphatic heterocycles. The zero-order valence-electron chi connectivity index (χ0n) is 8.72. The maximum atomic E-state index is 11.0. The lowest BCUT2D eigenvalue weighted by molar-refractivity contribution is -0.121. The molecule has 88 valence electrons. The molecule has 1 N–H and O–H groups in total. The van der Waals surface area contributed by atoms with Crippen molar-refractivity contribution in [2.24, 2.45) is 0 Å². The molecule has 0 radical (unpaired) electrons. The van der Waals surface area contributed by atoms with Crippen LogP contribution in [0.25, 0.3) is 0 Å². The second-order valence-corrected chi connectivity index (χ2v) is 3.64. The SMILES string of the molecule is C=CC(=O)N1CC1CCCC.O=S([O-])O. The van der Waals surface area contributed by atoms with E-state index < -0.39 is 11.4 Å². The Labute approximate surface area is 92.3 Å². The third kappa shape index (κ3) is 7.24. The summed E-state index contributed by atoms with van der Waals surface area (Å²) in [5, 5.41) is 0. The fourth-order valence-electron chi connectivity index (χ4n) is 1.25. The second kappa shape index (κ2) is 7.56. The van der Waals surface area contributed by atoms with Gasteiger partial charge < -0.3 is 14.0 Å². The first-order valence-corrected chi connectivity index (χ1v) is 5.77. The molecule has 1 aliphatic rings. The average molecular weight is 234 g/mol. The van der Waals surface area contributed by atoms with Gasteiger partial charge >= 0.3 is 0 Å². The van der Waals surface area contributed by atoms with E-state index in [1.807, 2.05) is 4.90 Å². The van der Waals surface area contributed by atoms with Crippen molar-refractivity contribution in [3.63, 3.8) is 0 Å². The summed E-state index contributed by atoms with van der Waals surface area (Å²) in [7, 11) is 0. The predicted molar refractivity (Wildman–Crippen MR) is 56.8 cm³/mol. The Bertz CT molecular complexity index is 240. The molecular formula is C9H16NO4S-. The van der Waals surface area contributed by atoms with E-state index in [2.05, 4.69) is 13.5 Å². The van der Waals surface area contributed by atoms with Gasteiger partial charge in [0.1, 0.15) is 0 Å². The van der Waals surface area contributed by atoms with E-state index in [9.17, 15) is 4.79 Å². The van der Waals surface area contributed by atoms with Crippen molar-refractivity contribution >= 4 is 17.3 Å². The van der Waals surface area contributed by atoms with E-state index in [4.69, 9.17) is 13.3 Å². The van der Waals surface area contributed by atoms with E-state index >= 15 is 0 Å². The van der Waals surface area contributed by atoms with Gasteiger partial charge in [0.25, 0.3) is 0 Å². The molecule has 0 spiro atoms. The number of rotatable bonds is 4. The minimum absolute atomic E-state index is 0.0890. The standard InChI is InChI=1S/C9H15NO.H2O3S/c1-3-5-6-8-7-10(8)9(11)4-2;1-4(2)3/h4,8H,2-3,5-7H2,1H3;(H2,1,2,3)/p-1. The lowest BCUT2D eigenvalue weighted by Crippen LogP contribution is -2.09. The quantitative estimate of drug-likeness (QED) is 0.445. The lowest BCUT2D eigenvalue weighted by atomic mass is 10.2. The smallest absolute Gasteiger partial charge is 0.246 e. The predicted octanol–water partition coefficient (Wildman–Crippen LogP) is 0.912. The molecule has 0 bridgehead atoms. The van der Waals surface area contributed by atoms with Gasteiger partial charge in [0.05, 0.1) is 11.4 Å². The molecule has 0 aliphatic carbocycles. The van der Waals surface area contributed by atoms with E-state index in [0.717, 1.165) is 13.0 Å². The van der Waals surface area contributed by atoms with E-state index in [-0.39, 0.29) is 5.91 Å². The zero-order valence-corrected chi connectivity index (χ0v) is 9.53. The highest BCUT2D eigenvalue weighted by Crippen LogP contribution is 2.22. The lowest BCUT2D eigenvalue weighted by Gasteiger charge is -1.97. The van der Waals surface area contributed by atoms with Crippen molar-refractivity contribution in [2.75, 3.05) is 6.54 Å². The van der Waals surface area contributed by atoms with Gasteiger partial charge in [-0.25, -0.2) is 4.21 Å². The number of nitrogens with zero attached hydrogens (tertiary/aromatic N) is 1. The van der Waals surface area contributed by atoms with Gasteiger partial charge in [-0.1, -0.05) is 26.3 Å². The monoisotopic (exact) mass is 234 g/mol. The third-order valence-electron chi connectivity index (χ3n) is 2.06. The minimum Gasteiger partial charge on any atom is -0.750 e. The van der Waals surface area contributed by atoms with E-state index in [1.54, 1.807) is 0 Å². The first kappa shape index (κ1) is 14.3. The van der Waals surface area contributed by atoms with Crippen LogP contribution in [0, 0.1) is 0 Å². The maximum absolute atomic E-state index is 11.0. The Kier molecular flexibility index (Phi) is 7.19. The summed E-state index contributed by atoms with van der Waals surface area (Å²) < 4.78 is 24.1. The van der Waals surface area contributed by atoms with Gasteiger partial charge in [0.15, 0.2) is 0 Å². The van der Waals surface area contributed by atoms with E-state index in [1.165, 1.54) is 18.9 Å². The average Bonchev–Trinajstić information content (AvgIpc) is 2.92. The number of unbranched alkanes of at least 4 members (excludes halogenated alkanes) is 1. The van der Waals surface area contributed by atoms with Crippen LogP contribution in [-0.4, -0.2) is 36.7 Å². The van der Waals surface area contributed by atoms with Crippen LogP contribution in [0.1, 0.15) is 26.2 Å². The molecule has 0 aromatic heterocycles. The molecule has 1 fully saturated rings. The Balaban J connectivity index is 0.000000423. The van der Waals surface area contributed by atoms with Gasteiger partial charge in [-0.3, -0.25) is 4.79 Å². The second-order valence-electron chi connectivity index (χ2n) is 3.21. The number of carbonyl (C=O) groups excluding carboxylic acids is 1.